The number of rotatable bonds is 6. The van der Waals surface area contributed by atoms with Crippen LogP contribution in [0.5, 0.6) is 0 Å². The third-order valence-electron chi connectivity index (χ3n) is 5.29. The van der Waals surface area contributed by atoms with Gasteiger partial charge in [0.2, 0.25) is 11.8 Å². The number of carbonyl (C=O) groups is 2. The van der Waals surface area contributed by atoms with E-state index in [9.17, 15) is 9.59 Å². The molecular formula is C22H25Cl2N3O2. The van der Waals surface area contributed by atoms with Crippen molar-refractivity contribution in [2.45, 2.75) is 25.3 Å². The maximum absolute atomic E-state index is 12.7. The lowest BCUT2D eigenvalue weighted by Gasteiger charge is -2.33. The Morgan fingerprint density at radius 3 is 2.45 bits per heavy atom. The number of carbonyl (C=O) groups excluding carboxylic acids is 2. The van der Waals surface area contributed by atoms with Crippen LogP contribution in [-0.4, -0.2) is 48.8 Å². The van der Waals surface area contributed by atoms with Crippen molar-refractivity contribution < 1.29 is 9.59 Å². The molecule has 29 heavy (non-hydrogen) atoms. The molecule has 0 saturated carbocycles. The van der Waals surface area contributed by atoms with Gasteiger partial charge in [-0.15, -0.1) is 0 Å². The maximum Gasteiger partial charge on any atom is 0.244 e. The van der Waals surface area contributed by atoms with Crippen molar-refractivity contribution in [3.63, 3.8) is 0 Å². The number of benzene rings is 2. The van der Waals surface area contributed by atoms with E-state index in [4.69, 9.17) is 23.2 Å². The summed E-state index contributed by atoms with van der Waals surface area (Å²) in [6, 6.07) is 13.6. The van der Waals surface area contributed by atoms with Crippen LogP contribution in [0.2, 0.25) is 10.0 Å². The molecule has 0 fully saturated rings. The van der Waals surface area contributed by atoms with Gasteiger partial charge < -0.3 is 10.2 Å². The molecule has 0 unspecified atom stereocenters. The maximum atomic E-state index is 12.7. The third kappa shape index (κ3) is 5.30. The normalized spacial score (nSPS) is 15.7. The van der Waals surface area contributed by atoms with Crippen molar-refractivity contribution in [3.8, 4) is 0 Å². The number of aryl methyl sites for hydroxylation is 1. The first kappa shape index (κ1) is 21.6. The van der Waals surface area contributed by atoms with Crippen LogP contribution >= 0.6 is 23.2 Å². The first-order valence-electron chi connectivity index (χ1n) is 9.62. The fourth-order valence-electron chi connectivity index (χ4n) is 3.73. The summed E-state index contributed by atoms with van der Waals surface area (Å²) in [5, 5.41) is 3.40. The highest BCUT2D eigenvalue weighted by molar-refractivity contribution is 6.39. The van der Waals surface area contributed by atoms with Gasteiger partial charge in [0.05, 0.1) is 28.8 Å². The first-order valence-corrected chi connectivity index (χ1v) is 10.4. The lowest BCUT2D eigenvalue weighted by Crippen LogP contribution is -2.42. The Bertz CT molecular complexity index is 883. The van der Waals surface area contributed by atoms with Gasteiger partial charge in [0.1, 0.15) is 0 Å². The number of amides is 2. The number of anilines is 1. The zero-order chi connectivity index (χ0) is 21.0. The van der Waals surface area contributed by atoms with Crippen LogP contribution in [0.25, 0.3) is 0 Å². The monoisotopic (exact) mass is 433 g/mol. The number of nitrogens with one attached hydrogen (secondary N) is 1. The van der Waals surface area contributed by atoms with Crippen LogP contribution in [-0.2, 0) is 16.0 Å². The van der Waals surface area contributed by atoms with Crippen molar-refractivity contribution in [3.05, 3.63) is 63.6 Å². The number of nitrogens with zero attached hydrogens (tertiary/aromatic N) is 2. The van der Waals surface area contributed by atoms with E-state index in [1.165, 1.54) is 16.0 Å². The van der Waals surface area contributed by atoms with Crippen LogP contribution in [0.3, 0.4) is 0 Å². The van der Waals surface area contributed by atoms with E-state index in [1.807, 2.05) is 13.1 Å². The molecule has 2 amide bonds. The van der Waals surface area contributed by atoms with E-state index in [-0.39, 0.29) is 30.9 Å². The number of hydrogen-bond acceptors (Lipinski definition) is 3. The molecule has 0 bridgehead atoms. The molecule has 1 N–H and O–H groups in total. The predicted molar refractivity (Wildman–Crippen MR) is 117 cm³/mol. The summed E-state index contributed by atoms with van der Waals surface area (Å²) in [7, 11) is 3.58. The Morgan fingerprint density at radius 2 is 1.72 bits per heavy atom. The Balaban J connectivity index is 1.57. The fourth-order valence-corrected chi connectivity index (χ4v) is 4.22. The van der Waals surface area contributed by atoms with Gasteiger partial charge in [-0.05, 0) is 49.6 Å². The van der Waals surface area contributed by atoms with E-state index in [2.05, 4.69) is 28.4 Å². The molecular weight excluding hydrogens is 409 g/mol. The average Bonchev–Trinajstić information content (AvgIpc) is 2.70. The van der Waals surface area contributed by atoms with E-state index >= 15 is 0 Å². The van der Waals surface area contributed by atoms with Crippen molar-refractivity contribution in [1.82, 2.24) is 9.80 Å². The van der Waals surface area contributed by atoms with Crippen molar-refractivity contribution in [1.29, 1.82) is 0 Å². The largest absolute Gasteiger partial charge is 0.335 e. The number of fused-ring (bicyclic) bond motifs is 1. The summed E-state index contributed by atoms with van der Waals surface area (Å²) in [6.07, 6.45) is 3.21. The van der Waals surface area contributed by atoms with E-state index in [1.54, 1.807) is 25.2 Å². The molecule has 0 aromatic heterocycles. The smallest absolute Gasteiger partial charge is 0.244 e. The quantitative estimate of drug-likeness (QED) is 0.734. The standard InChI is InChI=1S/C22H25Cl2N3O2/c1-26(19-12-5-8-15-7-3-4-9-16(15)19)14-21(29)27(2)13-20(28)25-22-17(23)10-6-11-18(22)24/h3-4,6-7,9-11,19H,5,8,12-14H2,1-2H3,(H,25,28)/t19-/m1/s1. The molecule has 1 aliphatic carbocycles. The number of halogens is 2. The highest BCUT2D eigenvalue weighted by atomic mass is 35.5. The predicted octanol–water partition coefficient (Wildman–Crippen LogP) is 4.40. The van der Waals surface area contributed by atoms with Gasteiger partial charge in [0.25, 0.3) is 0 Å². The van der Waals surface area contributed by atoms with Gasteiger partial charge >= 0.3 is 0 Å². The summed E-state index contributed by atoms with van der Waals surface area (Å²) in [6.45, 7) is 0.172. The first-order chi connectivity index (χ1) is 13.9. The SMILES string of the molecule is CN(CC(=O)Nc1c(Cl)cccc1Cl)C(=O)CN(C)[C@@H]1CCCc2ccccc21. The van der Waals surface area contributed by atoms with E-state index in [0.29, 0.717) is 15.7 Å². The second kappa shape index (κ2) is 9.61. The van der Waals surface area contributed by atoms with Gasteiger partial charge in [-0.1, -0.05) is 53.5 Å². The van der Waals surface area contributed by atoms with Gasteiger partial charge in [0.15, 0.2) is 0 Å². The molecule has 3 rings (SSSR count). The average molecular weight is 434 g/mol. The summed E-state index contributed by atoms with van der Waals surface area (Å²) >= 11 is 12.2. The molecule has 5 nitrogen and oxygen atoms in total. The fraction of sp³-hybridized carbons (Fsp3) is 0.364. The van der Waals surface area contributed by atoms with Crippen LogP contribution in [0.1, 0.15) is 30.0 Å². The van der Waals surface area contributed by atoms with Gasteiger partial charge in [0, 0.05) is 13.1 Å². The minimum absolute atomic E-state index is 0.0739. The molecule has 7 heteroatoms. The minimum Gasteiger partial charge on any atom is -0.335 e. The Morgan fingerprint density at radius 1 is 1.03 bits per heavy atom. The lowest BCUT2D eigenvalue weighted by molar-refractivity contribution is -0.134. The second-order valence-electron chi connectivity index (χ2n) is 7.42. The van der Waals surface area contributed by atoms with E-state index < -0.39 is 0 Å². The number of para-hydroxylation sites is 1. The zero-order valence-electron chi connectivity index (χ0n) is 16.6. The van der Waals surface area contributed by atoms with Crippen LogP contribution in [0.4, 0.5) is 5.69 Å². The molecule has 1 aliphatic rings. The lowest BCUT2D eigenvalue weighted by atomic mass is 9.87. The van der Waals surface area contributed by atoms with Gasteiger partial charge in [-0.25, -0.2) is 0 Å². The Hall–Kier alpha value is -2.08. The zero-order valence-corrected chi connectivity index (χ0v) is 18.1. The van der Waals surface area contributed by atoms with Crippen molar-refractivity contribution in [2.24, 2.45) is 0 Å². The van der Waals surface area contributed by atoms with Gasteiger partial charge in [-0.3, -0.25) is 14.5 Å². The Kier molecular flexibility index (Phi) is 7.17. The summed E-state index contributed by atoms with van der Waals surface area (Å²) in [5.74, 6) is -0.461. The molecule has 2 aromatic rings. The topological polar surface area (TPSA) is 52.7 Å². The molecule has 0 spiro atoms. The summed E-state index contributed by atoms with van der Waals surface area (Å²) in [5.41, 5.74) is 3.01. The highest BCUT2D eigenvalue weighted by Gasteiger charge is 2.26. The molecule has 2 aromatic carbocycles. The molecule has 0 saturated heterocycles. The van der Waals surface area contributed by atoms with Crippen LogP contribution in [0.15, 0.2) is 42.5 Å². The highest BCUT2D eigenvalue weighted by Crippen LogP contribution is 2.33. The van der Waals surface area contributed by atoms with Crippen LogP contribution < -0.4 is 5.32 Å². The van der Waals surface area contributed by atoms with E-state index in [0.717, 1.165) is 19.3 Å². The molecule has 0 aliphatic heterocycles. The number of likely N-dealkylation sites (N-methyl/N-ethyl adjacent to an activating group) is 2. The van der Waals surface area contributed by atoms with Crippen LogP contribution in [0, 0.1) is 0 Å². The van der Waals surface area contributed by atoms with Gasteiger partial charge in [-0.2, -0.15) is 0 Å². The summed E-state index contributed by atoms with van der Waals surface area (Å²) < 4.78 is 0. The molecule has 1 atom stereocenters. The van der Waals surface area contributed by atoms with Crippen molar-refractivity contribution >= 4 is 40.7 Å². The van der Waals surface area contributed by atoms with Crippen molar-refractivity contribution in [2.75, 3.05) is 32.5 Å². The Labute approximate surface area is 181 Å². The molecule has 0 radical (unpaired) electrons. The second-order valence-corrected chi connectivity index (χ2v) is 8.23. The number of hydrogen-bond donors (Lipinski definition) is 1. The molecule has 154 valence electrons. The minimum atomic E-state index is -0.346. The molecule has 0 heterocycles. The third-order valence-corrected chi connectivity index (χ3v) is 5.92. The summed E-state index contributed by atoms with van der Waals surface area (Å²) in [4.78, 5) is 28.5.